The summed E-state index contributed by atoms with van der Waals surface area (Å²) in [5.41, 5.74) is 6.25. The highest BCUT2D eigenvalue weighted by Gasteiger charge is 2.21. The predicted octanol–water partition coefficient (Wildman–Crippen LogP) is 6.55. The summed E-state index contributed by atoms with van der Waals surface area (Å²) >= 11 is 22.8. The molecule has 7 heteroatoms. The van der Waals surface area contributed by atoms with Crippen molar-refractivity contribution in [3.63, 3.8) is 0 Å². The number of benzene rings is 2. The number of carbonyl (C=O) groups is 1. The third kappa shape index (κ3) is 6.78. The van der Waals surface area contributed by atoms with E-state index in [2.05, 4.69) is 5.32 Å². The lowest BCUT2D eigenvalue weighted by Gasteiger charge is -2.17. The molecule has 2 aromatic rings. The number of nitrogen functional groups attached to an aromatic ring is 1. The molecule has 0 atom stereocenters. The molecule has 0 heterocycles. The van der Waals surface area contributed by atoms with E-state index in [1.165, 1.54) is 0 Å². The molecule has 24 heavy (non-hydrogen) atoms. The molecule has 3 nitrogen and oxygen atoms in total. The number of anilines is 2. The van der Waals surface area contributed by atoms with Crippen LogP contribution >= 0.6 is 46.4 Å². The van der Waals surface area contributed by atoms with Crippen LogP contribution in [0.15, 0.2) is 36.4 Å². The van der Waals surface area contributed by atoms with Gasteiger partial charge in [-0.1, -0.05) is 67.2 Å². The van der Waals surface area contributed by atoms with Crippen molar-refractivity contribution in [2.45, 2.75) is 20.8 Å². The summed E-state index contributed by atoms with van der Waals surface area (Å²) in [5.74, 6) is -0.0547. The summed E-state index contributed by atoms with van der Waals surface area (Å²) in [6.45, 7) is 5.54. The quantitative estimate of drug-likeness (QED) is 0.526. The largest absolute Gasteiger partial charge is 0.399 e. The highest BCUT2D eigenvalue weighted by molar-refractivity contribution is 6.42. The number of halogens is 4. The Bertz CT molecular complexity index is 727. The second kappa shape index (κ2) is 8.82. The van der Waals surface area contributed by atoms with Crippen molar-refractivity contribution in [2.75, 3.05) is 11.1 Å². The van der Waals surface area contributed by atoms with Crippen LogP contribution in [0.5, 0.6) is 0 Å². The van der Waals surface area contributed by atoms with Crippen molar-refractivity contribution in [3.8, 4) is 0 Å². The van der Waals surface area contributed by atoms with Crippen LogP contribution in [-0.4, -0.2) is 5.91 Å². The minimum Gasteiger partial charge on any atom is -0.399 e. The van der Waals surface area contributed by atoms with Crippen molar-refractivity contribution in [1.82, 2.24) is 0 Å². The zero-order valence-corrected chi connectivity index (χ0v) is 16.5. The number of hydrogen-bond donors (Lipinski definition) is 2. The van der Waals surface area contributed by atoms with E-state index in [0.29, 0.717) is 31.5 Å². The monoisotopic (exact) mass is 406 g/mol. The minimum absolute atomic E-state index is 0.0547. The van der Waals surface area contributed by atoms with Crippen LogP contribution in [-0.2, 0) is 4.79 Å². The summed E-state index contributed by atoms with van der Waals surface area (Å²) in [4.78, 5) is 11.6. The fourth-order valence-electron chi connectivity index (χ4n) is 1.40. The summed E-state index contributed by atoms with van der Waals surface area (Å²) in [6.07, 6.45) is 0. The van der Waals surface area contributed by atoms with Crippen LogP contribution in [0.4, 0.5) is 11.4 Å². The lowest BCUT2D eigenvalue weighted by molar-refractivity contribution is -0.123. The van der Waals surface area contributed by atoms with Crippen LogP contribution in [0, 0.1) is 5.41 Å². The molecule has 130 valence electrons. The van der Waals surface area contributed by atoms with Crippen LogP contribution in [0.3, 0.4) is 0 Å². The number of nitrogens with two attached hydrogens (primary N) is 1. The molecule has 1 amide bonds. The first-order valence-electron chi connectivity index (χ1n) is 6.97. The molecule has 0 saturated heterocycles. The second-order valence-corrected chi connectivity index (χ2v) is 7.64. The molecule has 0 radical (unpaired) electrons. The van der Waals surface area contributed by atoms with E-state index in [1.807, 2.05) is 20.8 Å². The van der Waals surface area contributed by atoms with Gasteiger partial charge in [-0.15, -0.1) is 0 Å². The first-order valence-corrected chi connectivity index (χ1v) is 8.49. The first kappa shape index (κ1) is 20.9. The maximum absolute atomic E-state index is 11.6. The van der Waals surface area contributed by atoms with Gasteiger partial charge in [-0.25, -0.2) is 0 Å². The Balaban J connectivity index is 0.000000272. The molecule has 0 bridgehead atoms. The van der Waals surface area contributed by atoms with Gasteiger partial charge in [-0.2, -0.15) is 0 Å². The first-order chi connectivity index (χ1) is 11.0. The average Bonchev–Trinajstić information content (AvgIpc) is 2.47. The highest BCUT2D eigenvalue weighted by atomic mass is 35.5. The normalized spacial score (nSPS) is 10.6. The molecule has 0 fully saturated rings. The average molecular weight is 408 g/mol. The van der Waals surface area contributed by atoms with Crippen LogP contribution in [0.2, 0.25) is 20.1 Å². The zero-order chi connectivity index (χ0) is 18.5. The van der Waals surface area contributed by atoms with E-state index in [-0.39, 0.29) is 5.91 Å². The molecular weight excluding hydrogens is 390 g/mol. The maximum atomic E-state index is 11.6. The van der Waals surface area contributed by atoms with Crippen molar-refractivity contribution in [2.24, 2.45) is 5.41 Å². The smallest absolute Gasteiger partial charge is 0.229 e. The van der Waals surface area contributed by atoms with Crippen LogP contribution in [0.1, 0.15) is 20.8 Å². The molecule has 0 aliphatic heterocycles. The van der Waals surface area contributed by atoms with E-state index < -0.39 is 5.41 Å². The maximum Gasteiger partial charge on any atom is 0.229 e. The number of hydrogen-bond acceptors (Lipinski definition) is 2. The molecule has 0 aliphatic rings. The summed E-state index contributed by atoms with van der Waals surface area (Å²) in [6, 6.07) is 9.99. The van der Waals surface area contributed by atoms with E-state index in [9.17, 15) is 4.79 Å². The lowest BCUT2D eigenvalue weighted by atomic mass is 9.95. The van der Waals surface area contributed by atoms with Crippen LogP contribution in [0.25, 0.3) is 0 Å². The summed E-state index contributed by atoms with van der Waals surface area (Å²) < 4.78 is 0. The molecule has 0 aliphatic carbocycles. The summed E-state index contributed by atoms with van der Waals surface area (Å²) in [5, 5.41) is 4.71. The van der Waals surface area contributed by atoms with Crippen molar-refractivity contribution < 1.29 is 4.79 Å². The van der Waals surface area contributed by atoms with E-state index in [0.717, 1.165) is 0 Å². The summed E-state index contributed by atoms with van der Waals surface area (Å²) in [7, 11) is 0. The molecule has 0 saturated carbocycles. The lowest BCUT2D eigenvalue weighted by Crippen LogP contribution is -2.27. The van der Waals surface area contributed by atoms with Gasteiger partial charge >= 0.3 is 0 Å². The van der Waals surface area contributed by atoms with E-state index in [4.69, 9.17) is 52.1 Å². The van der Waals surface area contributed by atoms with Crippen LogP contribution < -0.4 is 11.1 Å². The zero-order valence-electron chi connectivity index (χ0n) is 13.5. The highest BCUT2D eigenvalue weighted by Crippen LogP contribution is 2.26. The third-order valence-corrected chi connectivity index (χ3v) is 4.28. The predicted molar refractivity (Wildman–Crippen MR) is 105 cm³/mol. The molecule has 0 unspecified atom stereocenters. The van der Waals surface area contributed by atoms with Gasteiger partial charge in [0.05, 0.1) is 20.1 Å². The molecule has 0 spiro atoms. The fraction of sp³-hybridized carbons (Fsp3) is 0.235. The number of rotatable bonds is 1. The molecule has 2 rings (SSSR count). The number of nitrogens with one attached hydrogen (secondary N) is 1. The molecule has 2 aromatic carbocycles. The number of carbonyl (C=O) groups excluding carboxylic acids is 1. The van der Waals surface area contributed by atoms with E-state index >= 15 is 0 Å². The molecule has 0 aromatic heterocycles. The Labute approximate surface area is 162 Å². The van der Waals surface area contributed by atoms with Gasteiger partial charge in [0.25, 0.3) is 0 Å². The van der Waals surface area contributed by atoms with Crippen molar-refractivity contribution in [1.29, 1.82) is 0 Å². The van der Waals surface area contributed by atoms with Gasteiger partial charge in [0.15, 0.2) is 0 Å². The SMILES string of the molecule is CC(C)(C)C(=O)Nc1ccc(Cl)c(Cl)c1.Nc1ccc(Cl)c(Cl)c1. The third-order valence-electron chi connectivity index (χ3n) is 2.80. The van der Waals surface area contributed by atoms with Gasteiger partial charge in [0.1, 0.15) is 0 Å². The Morgan fingerprint density at radius 1 is 0.875 bits per heavy atom. The van der Waals surface area contributed by atoms with Crippen molar-refractivity contribution in [3.05, 3.63) is 56.5 Å². The van der Waals surface area contributed by atoms with Crippen molar-refractivity contribution >= 4 is 63.7 Å². The standard InChI is InChI=1S/C11H13Cl2NO.C6H5Cl2N/c1-11(2,3)10(15)14-7-4-5-8(12)9(13)6-7;7-5-2-1-4(9)3-6(5)8/h4-6H,1-3H3,(H,14,15);1-3H,9H2. The minimum atomic E-state index is -0.424. The Morgan fingerprint density at radius 3 is 1.79 bits per heavy atom. The molecule has 3 N–H and O–H groups in total. The fourth-order valence-corrected chi connectivity index (χ4v) is 2.01. The Kier molecular flexibility index (Phi) is 7.68. The number of amides is 1. The van der Waals surface area contributed by atoms with Gasteiger partial charge in [0, 0.05) is 16.8 Å². The van der Waals surface area contributed by atoms with Gasteiger partial charge in [-0.3, -0.25) is 4.79 Å². The Morgan fingerprint density at radius 2 is 1.38 bits per heavy atom. The molecular formula is C17H18Cl4N2O. The van der Waals surface area contributed by atoms with E-state index in [1.54, 1.807) is 36.4 Å². The van der Waals surface area contributed by atoms with Gasteiger partial charge < -0.3 is 11.1 Å². The van der Waals surface area contributed by atoms with Gasteiger partial charge in [-0.05, 0) is 36.4 Å². The Hall–Kier alpha value is -1.13. The topological polar surface area (TPSA) is 55.1 Å². The van der Waals surface area contributed by atoms with Gasteiger partial charge in [0.2, 0.25) is 5.91 Å². The second-order valence-electron chi connectivity index (χ2n) is 6.01.